The molecule has 28 nitrogen and oxygen atoms in total. The van der Waals surface area contributed by atoms with E-state index in [1.807, 2.05) is 199 Å². The zero-order valence-electron chi connectivity index (χ0n) is 78.1. The van der Waals surface area contributed by atoms with Crippen LogP contribution in [0.25, 0.3) is 43.6 Å². The van der Waals surface area contributed by atoms with Gasteiger partial charge in [-0.05, 0) is 224 Å². The third-order valence-corrected chi connectivity index (χ3v) is 26.4. The number of fused-ring (bicyclic) bond motifs is 12. The van der Waals surface area contributed by atoms with E-state index in [2.05, 4.69) is 64.2 Å². The molecule has 11 heterocycles. The number of carbonyl (C=O) groups excluding carboxylic acids is 4. The Labute approximate surface area is 850 Å². The minimum Gasteiger partial charge on any atom is -0.494 e. The number of aryl methyl sites for hydroxylation is 3. The number of imidazole rings is 1. The van der Waals surface area contributed by atoms with Crippen LogP contribution in [0.4, 0.5) is 19.2 Å². The fourth-order valence-corrected chi connectivity index (χ4v) is 19.4. The highest BCUT2D eigenvalue weighted by atomic mass is 35.5. The highest BCUT2D eigenvalue weighted by Gasteiger charge is 2.41. The van der Waals surface area contributed by atoms with E-state index < -0.39 is 18.3 Å². The lowest BCUT2D eigenvalue weighted by Gasteiger charge is -2.35. The van der Waals surface area contributed by atoms with Crippen molar-refractivity contribution in [2.24, 2.45) is 0 Å². The molecule has 142 heavy (non-hydrogen) atoms. The molecule has 4 aliphatic heterocycles. The van der Waals surface area contributed by atoms with Gasteiger partial charge < -0.3 is 62.4 Å². The van der Waals surface area contributed by atoms with Crippen LogP contribution in [0.15, 0.2) is 263 Å². The number of carbonyl (C=O) groups is 4. The number of ether oxygens (including phenoxy) is 8. The van der Waals surface area contributed by atoms with Crippen LogP contribution in [-0.2, 0) is 70.9 Å². The van der Waals surface area contributed by atoms with Gasteiger partial charge in [0.1, 0.15) is 85.7 Å². The van der Waals surface area contributed by atoms with Crippen LogP contribution in [0.3, 0.4) is 0 Å². The van der Waals surface area contributed by atoms with Gasteiger partial charge >= 0.3 is 24.4 Å². The predicted molar refractivity (Wildman–Crippen MR) is 550 cm³/mol. The zero-order chi connectivity index (χ0) is 98.7. The van der Waals surface area contributed by atoms with Crippen LogP contribution in [0.2, 0.25) is 25.1 Å². The van der Waals surface area contributed by atoms with Gasteiger partial charge in [-0.15, -0.1) is 23.9 Å². The molecule has 0 bridgehead atoms. The summed E-state index contributed by atoms with van der Waals surface area (Å²) in [5, 5.41) is 15.8. The minimum atomic E-state index is -0.415. The Kier molecular flexibility index (Phi) is 32.7. The van der Waals surface area contributed by atoms with Crippen LogP contribution in [-0.4, -0.2) is 168 Å². The van der Waals surface area contributed by atoms with E-state index in [0.29, 0.717) is 127 Å². The fourth-order valence-electron chi connectivity index (χ4n) is 18.4. The molecule has 7 aromatic heterocycles. The quantitative estimate of drug-likeness (QED) is 0.0111. The normalized spacial score (nSPS) is 15.1. The van der Waals surface area contributed by atoms with Gasteiger partial charge in [0.05, 0.1) is 44.3 Å². The molecule has 0 fully saturated rings. The number of hydrogen-bond donors (Lipinski definition) is 4. The molecule has 4 amide bonds. The number of aromatic nitrogens is 12. The summed E-state index contributed by atoms with van der Waals surface area (Å²) in [5.41, 5.74) is 17.1. The number of aromatic amines is 4. The number of halogens is 6. The molecule has 16 aromatic rings. The van der Waals surface area contributed by atoms with Gasteiger partial charge in [0, 0.05) is 180 Å². The Bertz CT molecular complexity index is 7130. The molecule has 730 valence electrons. The second-order valence-corrected chi connectivity index (χ2v) is 37.0. The van der Waals surface area contributed by atoms with Crippen molar-refractivity contribution in [1.29, 1.82) is 0 Å². The highest BCUT2D eigenvalue weighted by Crippen LogP contribution is 2.46. The van der Waals surface area contributed by atoms with Crippen LogP contribution >= 0.6 is 69.6 Å². The molecule has 34 heteroatoms. The van der Waals surface area contributed by atoms with Gasteiger partial charge in [-0.3, -0.25) is 29.0 Å². The largest absolute Gasteiger partial charge is 0.494 e. The fraction of sp³-hybridized carbons (Fsp3) is 0.269. The molecular weight excluding hydrogens is 1930 g/mol. The number of benzene rings is 9. The molecule has 0 saturated heterocycles. The lowest BCUT2D eigenvalue weighted by Crippen LogP contribution is -2.41. The summed E-state index contributed by atoms with van der Waals surface area (Å²) in [6.45, 7) is 17.7. The second kappa shape index (κ2) is 46.8. The number of rotatable bonds is 29. The van der Waals surface area contributed by atoms with Gasteiger partial charge in [0.2, 0.25) is 0 Å². The third kappa shape index (κ3) is 23.9. The number of nitrogens with one attached hydrogen (secondary N) is 4. The summed E-state index contributed by atoms with van der Waals surface area (Å²) in [6.07, 6.45) is 22.1. The first-order chi connectivity index (χ1) is 69.2. The van der Waals surface area contributed by atoms with E-state index in [9.17, 15) is 19.2 Å². The molecule has 4 atom stereocenters. The predicted octanol–water partition coefficient (Wildman–Crippen LogP) is 24.4. The van der Waals surface area contributed by atoms with Gasteiger partial charge in [-0.2, -0.15) is 10.2 Å². The maximum atomic E-state index is 13.5. The summed E-state index contributed by atoms with van der Waals surface area (Å²) in [6, 6.07) is 60.7. The van der Waals surface area contributed by atoms with E-state index in [-0.39, 0.29) is 43.5 Å². The number of nitrogens with zero attached hydrogens (tertiary/aromatic N) is 12. The number of alkyl halides is 1. The van der Waals surface area contributed by atoms with E-state index in [1.165, 1.54) is 29.3 Å². The molecule has 20 rings (SSSR count). The van der Waals surface area contributed by atoms with Crippen molar-refractivity contribution in [3.05, 3.63) is 361 Å². The Morgan fingerprint density at radius 3 is 1.08 bits per heavy atom. The van der Waals surface area contributed by atoms with Gasteiger partial charge in [-0.1, -0.05) is 138 Å². The monoisotopic (exact) mass is 2030 g/mol. The first-order valence-corrected chi connectivity index (χ1v) is 49.2. The Morgan fingerprint density at radius 2 is 0.761 bits per heavy atom. The van der Waals surface area contributed by atoms with Crippen molar-refractivity contribution >= 4 is 138 Å². The van der Waals surface area contributed by atoms with Gasteiger partial charge in [0.25, 0.3) is 0 Å². The minimum absolute atomic E-state index is 0.0955. The number of terminal acetylenes is 1. The summed E-state index contributed by atoms with van der Waals surface area (Å²) in [7, 11) is 0. The molecule has 0 aliphatic carbocycles. The highest BCUT2D eigenvalue weighted by molar-refractivity contribution is 6.33. The van der Waals surface area contributed by atoms with Crippen molar-refractivity contribution in [2.45, 2.75) is 122 Å². The van der Waals surface area contributed by atoms with Crippen molar-refractivity contribution in [2.75, 3.05) is 65.1 Å². The van der Waals surface area contributed by atoms with Crippen LogP contribution in [0.1, 0.15) is 143 Å². The SMILES string of the molecule is C#CCCOC(=O)N1CCc2c([nH]c3ccc(Cl)cc23)C1c1ccc(OCCCn2cncn2)cc1.C=C(C)OC(=O)N1CCc2c([nH]c3ccc(Cl)cc23)C1c1ccc(OCCCCl)cc1.C=C(C)OC(=O)N1CCc2c([nH]c3ccc(Cl)cc23)C1c1ccc(OCCCn2ccnc2)cc1.O=C(OCc1ccccc1Cl)N1CCc2c([nH]c3ccc(Cl)cc23)C1c1ccc(OCCCn2cncn2)cc1. The lowest BCUT2D eigenvalue weighted by atomic mass is 9.92. The smallest absolute Gasteiger partial charge is 0.415 e. The summed E-state index contributed by atoms with van der Waals surface area (Å²) < 4.78 is 51.1. The first-order valence-electron chi connectivity index (χ1n) is 46.8. The Morgan fingerprint density at radius 1 is 0.415 bits per heavy atom. The lowest BCUT2D eigenvalue weighted by molar-refractivity contribution is 0.0831. The van der Waals surface area contributed by atoms with E-state index in [0.717, 1.165) is 168 Å². The van der Waals surface area contributed by atoms with Gasteiger partial charge in [-0.25, -0.2) is 34.1 Å². The maximum Gasteiger partial charge on any atom is 0.415 e. The maximum absolute atomic E-state index is 13.5. The molecule has 0 spiro atoms. The number of H-pyrrole nitrogens is 4. The molecule has 0 saturated carbocycles. The van der Waals surface area contributed by atoms with Crippen molar-refractivity contribution in [3.63, 3.8) is 0 Å². The third-order valence-electron chi connectivity index (χ3n) is 24.9. The van der Waals surface area contributed by atoms with E-state index in [4.69, 9.17) is 114 Å². The van der Waals surface area contributed by atoms with E-state index in [1.54, 1.807) is 74.1 Å². The molecular formula is C108H104Cl6N16O12. The average Bonchev–Trinajstić information content (AvgIpc) is 1.60. The summed E-state index contributed by atoms with van der Waals surface area (Å²) in [5.74, 6) is 6.87. The number of amides is 4. The van der Waals surface area contributed by atoms with Crippen molar-refractivity contribution < 1.29 is 57.1 Å². The van der Waals surface area contributed by atoms with Crippen LogP contribution in [0, 0.1) is 12.3 Å². The molecule has 4 N–H and O–H groups in total. The van der Waals surface area contributed by atoms with Crippen LogP contribution in [0.5, 0.6) is 23.0 Å². The van der Waals surface area contributed by atoms with Crippen molar-refractivity contribution in [1.82, 2.24) is 78.6 Å². The molecule has 4 aliphatic rings. The first kappa shape index (κ1) is 99.3. The summed E-state index contributed by atoms with van der Waals surface area (Å²) in [4.78, 5) is 85.5. The van der Waals surface area contributed by atoms with Crippen LogP contribution < -0.4 is 18.9 Å². The Hall–Kier alpha value is -14.3. The zero-order valence-corrected chi connectivity index (χ0v) is 82.6. The molecule has 4 unspecified atom stereocenters. The number of allylic oxidation sites excluding steroid dienone is 2. The summed E-state index contributed by atoms with van der Waals surface area (Å²) >= 11 is 37.2. The molecule has 0 radical (unpaired) electrons. The standard InChI is InChI=1S/C30H27Cl2N5O3.C27H26ClN5O3.C27H27ClN4O3.C24H24Cl2N2O3/c31-22-8-11-27-25(16-22)24-12-14-37(30(38)40-17-21-4-1-2-5-26(21)32)29(28(24)35-27)20-6-9-23(10-7-20)39-15-3-13-36-19-33-18-34-36;1-2-3-14-36-27(34)33-13-11-22-23-16-20(28)7-10-24(23)31-25(22)26(33)19-5-8-21(9-6-19)35-15-4-12-32-18-29-17-30-32;1-18(2)35-27(33)32-13-10-22-23-16-20(28)6-9-24(23)30-25(22)26(32)19-4-7-21(8-5-19)34-15-3-12-31-14-11-29-17-31;1-15(2)31-24(29)28-12-10-19-20-14-17(26)6-9-21(20)27-22(19)23(28)16-4-7-18(8-5-16)30-13-3-11-25/h1-2,4-11,16,18-19,29,35H,3,12-15,17H2;1,5-10,16-18,26,31H,3-4,11-15H2;4-9,11,14,16-17,26,30H,1,3,10,12-13,15H2,2H3;4-9,14,23,27H,1,3,10-13H2,2H3. The van der Waals surface area contributed by atoms with Crippen molar-refractivity contribution in [3.8, 4) is 35.3 Å². The van der Waals surface area contributed by atoms with Gasteiger partial charge in [0.15, 0.2) is 0 Å². The average molecular weight is 2030 g/mol. The Balaban J connectivity index is 0.000000131. The topological polar surface area (TPSA) is 297 Å². The van der Waals surface area contributed by atoms with E-state index >= 15 is 0 Å². The molecule has 9 aromatic carbocycles. The second-order valence-electron chi connectivity index (χ2n) is 34.5. The number of hydrogen-bond acceptors (Lipinski definition) is 17.